The number of para-hydroxylation sites is 2. The second-order valence-corrected chi connectivity index (χ2v) is 6.74. The second-order valence-electron chi connectivity index (χ2n) is 6.74. The van der Waals surface area contributed by atoms with E-state index in [1.54, 1.807) is 39.8 Å². The van der Waals surface area contributed by atoms with Crippen molar-refractivity contribution in [3.05, 3.63) is 68.8 Å². The summed E-state index contributed by atoms with van der Waals surface area (Å²) in [6.07, 6.45) is 1.09. The fourth-order valence-electron chi connectivity index (χ4n) is 3.64. The third-order valence-electron chi connectivity index (χ3n) is 4.87. The van der Waals surface area contributed by atoms with Crippen LogP contribution in [0.3, 0.4) is 0 Å². The van der Waals surface area contributed by atoms with Gasteiger partial charge in [-0.3, -0.25) is 0 Å². The molecule has 1 N–H and O–H groups in total. The number of carbonyl (C=O) groups excluding carboxylic acids is 2. The highest BCUT2D eigenvalue weighted by Crippen LogP contribution is 2.39. The monoisotopic (exact) mass is 413 g/mol. The molecule has 2 heterocycles. The van der Waals surface area contributed by atoms with E-state index in [1.165, 1.54) is 12.1 Å². The molecule has 0 fully saturated rings. The third kappa shape index (κ3) is 3.54. The van der Waals surface area contributed by atoms with E-state index < -0.39 is 17.9 Å². The highest BCUT2D eigenvalue weighted by atomic mass is 16.5. The van der Waals surface area contributed by atoms with Crippen molar-refractivity contribution >= 4 is 23.0 Å². The Kier molecular flexibility index (Phi) is 5.91. The van der Waals surface area contributed by atoms with E-state index in [4.69, 9.17) is 9.47 Å². The molecule has 1 aromatic carbocycles. The van der Waals surface area contributed by atoms with Crippen LogP contribution in [0.1, 0.15) is 39.3 Å². The maximum Gasteiger partial charge on any atom is 0.336 e. The number of nitrogens with one attached hydrogen (secondary N) is 1. The number of aromatic nitrogens is 2. The van der Waals surface area contributed by atoms with Crippen molar-refractivity contribution in [2.24, 2.45) is 0 Å². The first-order valence-electron chi connectivity index (χ1n) is 9.58. The van der Waals surface area contributed by atoms with Crippen LogP contribution in [0.2, 0.25) is 0 Å². The molecule has 0 saturated heterocycles. The van der Waals surface area contributed by atoms with Crippen molar-refractivity contribution in [1.82, 2.24) is 10.0 Å². The van der Waals surface area contributed by atoms with Gasteiger partial charge in [0.2, 0.25) is 6.20 Å². The average molecular weight is 413 g/mol. The van der Waals surface area contributed by atoms with E-state index in [1.807, 2.05) is 0 Å². The van der Waals surface area contributed by atoms with Gasteiger partial charge in [0.15, 0.2) is 0 Å². The molecule has 0 radical (unpaired) electrons. The smallest absolute Gasteiger partial charge is 0.336 e. The molecule has 0 bridgehead atoms. The predicted molar refractivity (Wildman–Crippen MR) is 109 cm³/mol. The van der Waals surface area contributed by atoms with Crippen LogP contribution >= 0.6 is 0 Å². The zero-order valence-electron chi connectivity index (χ0n) is 17.2. The molecule has 2 aromatic rings. The van der Waals surface area contributed by atoms with Gasteiger partial charge in [0, 0.05) is 22.4 Å². The first kappa shape index (κ1) is 21.1. The normalized spacial score (nSPS) is 14.7. The van der Waals surface area contributed by atoms with Gasteiger partial charge in [0.05, 0.1) is 40.4 Å². The lowest BCUT2D eigenvalue weighted by atomic mass is 9.83. The van der Waals surface area contributed by atoms with Gasteiger partial charge in [-0.25, -0.2) is 9.59 Å². The number of hydrogen-bond acceptors (Lipinski definition) is 7. The zero-order valence-corrected chi connectivity index (χ0v) is 17.2. The van der Waals surface area contributed by atoms with Crippen LogP contribution in [0.25, 0.3) is 11.0 Å². The lowest BCUT2D eigenvalue weighted by Crippen LogP contribution is -2.35. The zero-order chi connectivity index (χ0) is 22.0. The molecule has 3 rings (SSSR count). The SMILES string of the molecule is CCOC(=O)C1=C(C)NC(C)=C(C(=O)OCC)C1c1c[n+](=O)c2ccccc2n1[O-]. The van der Waals surface area contributed by atoms with Crippen molar-refractivity contribution in [3.8, 4) is 0 Å². The van der Waals surface area contributed by atoms with E-state index in [0.717, 1.165) is 6.20 Å². The fraction of sp³-hybridized carbons (Fsp3) is 0.333. The number of nitrogens with zero attached hydrogens (tertiary/aromatic N) is 2. The van der Waals surface area contributed by atoms with Gasteiger partial charge in [0.1, 0.15) is 5.52 Å². The van der Waals surface area contributed by atoms with E-state index in [0.29, 0.717) is 20.6 Å². The number of carbonyl (C=O) groups is 2. The summed E-state index contributed by atoms with van der Waals surface area (Å²) in [5.41, 5.74) is 1.21. The van der Waals surface area contributed by atoms with Crippen LogP contribution in [0.15, 0.2) is 53.0 Å². The molecule has 1 aromatic heterocycles. The van der Waals surface area contributed by atoms with Crippen LogP contribution in [0, 0.1) is 10.1 Å². The molecule has 0 amide bonds. The highest BCUT2D eigenvalue weighted by molar-refractivity contribution is 5.99. The quantitative estimate of drug-likeness (QED) is 0.590. The van der Waals surface area contributed by atoms with Crippen molar-refractivity contribution < 1.29 is 23.5 Å². The van der Waals surface area contributed by atoms with Crippen molar-refractivity contribution in [3.63, 3.8) is 0 Å². The van der Waals surface area contributed by atoms with Crippen LogP contribution < -0.4 is 9.74 Å². The minimum atomic E-state index is -1.13. The van der Waals surface area contributed by atoms with Gasteiger partial charge >= 0.3 is 11.9 Å². The number of ether oxygens (including phenoxy) is 2. The molecular formula is C21H23N3O6. The van der Waals surface area contributed by atoms with E-state index in [-0.39, 0.29) is 41.1 Å². The molecule has 0 unspecified atom stereocenters. The van der Waals surface area contributed by atoms with E-state index >= 15 is 0 Å². The predicted octanol–water partition coefficient (Wildman–Crippen LogP) is 2.26. The summed E-state index contributed by atoms with van der Waals surface area (Å²) < 4.78 is 11.5. The Morgan fingerprint density at radius 3 is 2.13 bits per heavy atom. The fourth-order valence-corrected chi connectivity index (χ4v) is 3.64. The summed E-state index contributed by atoms with van der Waals surface area (Å²) in [6.45, 7) is 6.81. The topological polar surface area (TPSA) is 116 Å². The Bertz CT molecular complexity index is 1110. The molecule has 0 spiro atoms. The number of benzene rings is 1. The molecule has 1 aliphatic heterocycles. The maximum atomic E-state index is 13.2. The maximum absolute atomic E-state index is 13.2. The Morgan fingerprint density at radius 2 is 1.60 bits per heavy atom. The average Bonchev–Trinajstić information content (AvgIpc) is 2.70. The first-order chi connectivity index (χ1) is 14.3. The summed E-state index contributed by atoms with van der Waals surface area (Å²) >= 11 is 0. The lowest BCUT2D eigenvalue weighted by Gasteiger charge is -2.32. The standard InChI is InChI=1S/C21H23N3O6/c1-5-29-20(25)17-12(3)22-13(4)18(21(26)30-6-2)19(17)16-11-23(27)14-9-7-8-10-15(14)24(16)28/h7-11,19,22H,5-6H2,1-4H3. The molecule has 0 atom stereocenters. The highest BCUT2D eigenvalue weighted by Gasteiger charge is 2.40. The van der Waals surface area contributed by atoms with Crippen molar-refractivity contribution in [2.45, 2.75) is 33.6 Å². The Morgan fingerprint density at radius 1 is 1.07 bits per heavy atom. The number of dihydropyridines is 1. The van der Waals surface area contributed by atoms with Gasteiger partial charge in [-0.1, -0.05) is 12.1 Å². The van der Waals surface area contributed by atoms with Gasteiger partial charge < -0.3 is 24.7 Å². The summed E-state index contributed by atoms with van der Waals surface area (Å²) in [7, 11) is 0. The molecule has 9 heteroatoms. The number of esters is 2. The molecule has 0 saturated carbocycles. The first-order valence-corrected chi connectivity index (χ1v) is 9.58. The summed E-state index contributed by atoms with van der Waals surface area (Å²) in [6, 6.07) is 6.29. The minimum Gasteiger partial charge on any atom is -0.805 e. The molecule has 30 heavy (non-hydrogen) atoms. The lowest BCUT2D eigenvalue weighted by molar-refractivity contribution is -0.465. The van der Waals surface area contributed by atoms with Crippen LogP contribution in [0.5, 0.6) is 0 Å². The van der Waals surface area contributed by atoms with E-state index in [9.17, 15) is 19.7 Å². The van der Waals surface area contributed by atoms with E-state index in [2.05, 4.69) is 5.32 Å². The summed E-state index contributed by atoms with van der Waals surface area (Å²) in [4.78, 5) is 38.2. The van der Waals surface area contributed by atoms with Gasteiger partial charge in [-0.15, -0.1) is 0 Å². The summed E-state index contributed by atoms with van der Waals surface area (Å²) in [5, 5.41) is 16.2. The summed E-state index contributed by atoms with van der Waals surface area (Å²) in [5.74, 6) is -2.51. The van der Waals surface area contributed by atoms with Gasteiger partial charge in [-0.2, -0.15) is 0 Å². The van der Waals surface area contributed by atoms with Gasteiger partial charge in [0.25, 0.3) is 5.52 Å². The number of allylic oxidation sites excluding steroid dienone is 2. The van der Waals surface area contributed by atoms with Gasteiger partial charge in [-0.05, 0) is 33.8 Å². The minimum absolute atomic E-state index is 0.0741. The van der Waals surface area contributed by atoms with Crippen LogP contribution in [-0.4, -0.2) is 29.9 Å². The molecular weight excluding hydrogens is 390 g/mol. The number of rotatable bonds is 5. The number of hydrogen-bond donors (Lipinski definition) is 1. The number of fused-ring (bicyclic) bond motifs is 1. The second kappa shape index (κ2) is 8.40. The third-order valence-corrected chi connectivity index (χ3v) is 4.87. The Hall–Kier alpha value is -3.62. The molecule has 1 aliphatic rings. The molecule has 9 nitrogen and oxygen atoms in total. The largest absolute Gasteiger partial charge is 0.805 e. The van der Waals surface area contributed by atoms with Crippen LogP contribution in [0.4, 0.5) is 0 Å². The van der Waals surface area contributed by atoms with Crippen molar-refractivity contribution in [1.29, 1.82) is 0 Å². The Balaban J connectivity index is 2.34. The van der Waals surface area contributed by atoms with Crippen molar-refractivity contribution in [2.75, 3.05) is 13.2 Å². The molecule has 158 valence electrons. The molecule has 0 aliphatic carbocycles. The Labute approximate surface area is 172 Å². The van der Waals surface area contributed by atoms with Crippen LogP contribution in [-0.2, 0) is 19.1 Å².